The summed E-state index contributed by atoms with van der Waals surface area (Å²) < 4.78 is 0.994. The van der Waals surface area contributed by atoms with Crippen molar-refractivity contribution in [2.45, 2.75) is 45.1 Å². The molecule has 1 amide bonds. The monoisotopic (exact) mass is 339 g/mol. The number of carbonyl (C=O) groups is 1. The zero-order valence-corrected chi connectivity index (χ0v) is 13.7. The maximum atomic E-state index is 12.1. The van der Waals surface area contributed by atoms with Gasteiger partial charge >= 0.3 is 0 Å². The number of amides is 1. The van der Waals surface area contributed by atoms with E-state index in [0.29, 0.717) is 18.0 Å². The van der Waals surface area contributed by atoms with Crippen LogP contribution in [0.25, 0.3) is 0 Å². The molecule has 0 aliphatic heterocycles. The summed E-state index contributed by atoms with van der Waals surface area (Å²) in [7, 11) is 0. The molecule has 2 rings (SSSR count). The molecule has 1 aliphatic rings. The van der Waals surface area contributed by atoms with Gasteiger partial charge in [0.1, 0.15) is 0 Å². The number of halogens is 1. The van der Waals surface area contributed by atoms with Crippen molar-refractivity contribution in [3.63, 3.8) is 0 Å². The number of rotatable bonds is 3. The molecule has 20 heavy (non-hydrogen) atoms. The van der Waals surface area contributed by atoms with E-state index in [1.54, 1.807) is 6.07 Å². The van der Waals surface area contributed by atoms with Crippen LogP contribution in [0.1, 0.15) is 48.5 Å². The first-order valence-electron chi connectivity index (χ1n) is 7.16. The van der Waals surface area contributed by atoms with E-state index < -0.39 is 5.60 Å². The molecule has 1 saturated carbocycles. The molecule has 0 saturated heterocycles. The van der Waals surface area contributed by atoms with Gasteiger partial charge in [0.15, 0.2) is 0 Å². The Morgan fingerprint density at radius 2 is 2.30 bits per heavy atom. The zero-order chi connectivity index (χ0) is 14.8. The highest BCUT2D eigenvalue weighted by molar-refractivity contribution is 9.10. The predicted molar refractivity (Wildman–Crippen MR) is 83.8 cm³/mol. The van der Waals surface area contributed by atoms with Crippen LogP contribution in [0.2, 0.25) is 0 Å². The zero-order valence-electron chi connectivity index (χ0n) is 12.1. The Labute approximate surface area is 128 Å². The van der Waals surface area contributed by atoms with Crippen LogP contribution in [0.4, 0.5) is 0 Å². The van der Waals surface area contributed by atoms with E-state index in [9.17, 15) is 9.90 Å². The minimum absolute atomic E-state index is 0.118. The lowest BCUT2D eigenvalue weighted by atomic mass is 9.79. The van der Waals surface area contributed by atoms with Gasteiger partial charge < -0.3 is 10.4 Å². The van der Waals surface area contributed by atoms with E-state index in [1.165, 1.54) is 6.42 Å². The van der Waals surface area contributed by atoms with Gasteiger partial charge in [-0.2, -0.15) is 0 Å². The summed E-state index contributed by atoms with van der Waals surface area (Å²) in [4.78, 5) is 12.1. The number of benzene rings is 1. The molecule has 0 radical (unpaired) electrons. The third kappa shape index (κ3) is 3.83. The highest BCUT2D eigenvalue weighted by Crippen LogP contribution is 2.31. The van der Waals surface area contributed by atoms with E-state index >= 15 is 0 Å². The van der Waals surface area contributed by atoms with E-state index in [1.807, 2.05) is 19.1 Å². The van der Waals surface area contributed by atoms with Crippen LogP contribution in [0, 0.1) is 12.8 Å². The van der Waals surface area contributed by atoms with Gasteiger partial charge in [-0.15, -0.1) is 0 Å². The van der Waals surface area contributed by atoms with Crippen LogP contribution in [0.5, 0.6) is 0 Å². The number of nitrogens with one attached hydrogen (secondary N) is 1. The molecule has 0 spiro atoms. The normalized spacial score (nSPS) is 26.3. The Morgan fingerprint density at radius 3 is 2.95 bits per heavy atom. The van der Waals surface area contributed by atoms with Crippen molar-refractivity contribution in [2.75, 3.05) is 6.54 Å². The Bertz CT molecular complexity index is 503. The molecule has 110 valence electrons. The van der Waals surface area contributed by atoms with Gasteiger partial charge in [0.2, 0.25) is 0 Å². The van der Waals surface area contributed by atoms with Crippen molar-refractivity contribution in [2.24, 2.45) is 5.92 Å². The van der Waals surface area contributed by atoms with Crippen LogP contribution in [0.15, 0.2) is 22.7 Å². The second kappa shape index (κ2) is 6.27. The first-order valence-corrected chi connectivity index (χ1v) is 7.96. The number of aryl methyl sites for hydroxylation is 1. The molecule has 1 aliphatic carbocycles. The smallest absolute Gasteiger partial charge is 0.251 e. The highest BCUT2D eigenvalue weighted by Gasteiger charge is 2.32. The minimum atomic E-state index is -0.738. The Kier molecular flexibility index (Phi) is 4.86. The molecule has 1 aromatic rings. The second-order valence-corrected chi connectivity index (χ2v) is 6.93. The maximum Gasteiger partial charge on any atom is 0.251 e. The molecule has 0 aromatic heterocycles. The van der Waals surface area contributed by atoms with Gasteiger partial charge in [-0.05, 0) is 49.4 Å². The van der Waals surface area contributed by atoms with E-state index in [-0.39, 0.29) is 5.91 Å². The lowest BCUT2D eigenvalue weighted by molar-refractivity contribution is -0.0109. The fourth-order valence-electron chi connectivity index (χ4n) is 2.93. The van der Waals surface area contributed by atoms with Crippen LogP contribution >= 0.6 is 15.9 Å². The summed E-state index contributed by atoms with van der Waals surface area (Å²) >= 11 is 3.42. The molecule has 2 N–H and O–H groups in total. The Hall–Kier alpha value is -0.870. The Balaban J connectivity index is 1.96. The fourth-order valence-corrected chi connectivity index (χ4v) is 3.17. The van der Waals surface area contributed by atoms with Gasteiger partial charge in [-0.25, -0.2) is 0 Å². The van der Waals surface area contributed by atoms with E-state index in [2.05, 4.69) is 28.2 Å². The largest absolute Gasteiger partial charge is 0.388 e. The van der Waals surface area contributed by atoms with Crippen molar-refractivity contribution >= 4 is 21.8 Å². The number of hydrogen-bond acceptors (Lipinski definition) is 2. The molecule has 2 atom stereocenters. The standard InChI is InChI=1S/C16H22BrNO2/c1-11-4-3-7-16(20,9-11)10-18-15(19)13-5-6-14(17)12(2)8-13/h5-6,8,11,20H,3-4,7,9-10H2,1-2H3,(H,18,19). The molecule has 3 nitrogen and oxygen atoms in total. The van der Waals surface area contributed by atoms with E-state index in [4.69, 9.17) is 0 Å². The van der Waals surface area contributed by atoms with Crippen LogP contribution in [0.3, 0.4) is 0 Å². The quantitative estimate of drug-likeness (QED) is 0.886. The van der Waals surface area contributed by atoms with Crippen molar-refractivity contribution < 1.29 is 9.90 Å². The summed E-state index contributed by atoms with van der Waals surface area (Å²) in [5.74, 6) is 0.410. The third-order valence-electron chi connectivity index (χ3n) is 4.07. The number of hydrogen-bond donors (Lipinski definition) is 2. The topological polar surface area (TPSA) is 49.3 Å². The SMILES string of the molecule is Cc1cc(C(=O)NCC2(O)CCCC(C)C2)ccc1Br. The molecular weight excluding hydrogens is 318 g/mol. The number of aliphatic hydroxyl groups is 1. The molecule has 4 heteroatoms. The molecule has 0 bridgehead atoms. The average molecular weight is 340 g/mol. The third-order valence-corrected chi connectivity index (χ3v) is 4.96. The van der Waals surface area contributed by atoms with Crippen LogP contribution < -0.4 is 5.32 Å². The molecule has 1 aromatic carbocycles. The van der Waals surface area contributed by atoms with Gasteiger partial charge in [0.05, 0.1) is 5.60 Å². The predicted octanol–water partition coefficient (Wildman–Crippen LogP) is 3.43. The maximum absolute atomic E-state index is 12.1. The van der Waals surface area contributed by atoms with Crippen molar-refractivity contribution in [3.8, 4) is 0 Å². The average Bonchev–Trinajstić information content (AvgIpc) is 2.39. The van der Waals surface area contributed by atoms with Crippen LogP contribution in [-0.4, -0.2) is 23.2 Å². The van der Waals surface area contributed by atoms with Crippen LogP contribution in [-0.2, 0) is 0 Å². The first-order chi connectivity index (χ1) is 9.39. The van der Waals surface area contributed by atoms with Crippen molar-refractivity contribution in [1.29, 1.82) is 0 Å². The van der Waals surface area contributed by atoms with Gasteiger partial charge in [-0.3, -0.25) is 4.79 Å². The number of carbonyl (C=O) groups excluding carboxylic acids is 1. The lowest BCUT2D eigenvalue weighted by Gasteiger charge is -2.35. The summed E-state index contributed by atoms with van der Waals surface area (Å²) in [5.41, 5.74) is 0.929. The summed E-state index contributed by atoms with van der Waals surface area (Å²) in [6.45, 7) is 4.45. The van der Waals surface area contributed by atoms with Crippen molar-refractivity contribution in [1.82, 2.24) is 5.32 Å². The summed E-state index contributed by atoms with van der Waals surface area (Å²) in [5, 5.41) is 13.4. The minimum Gasteiger partial charge on any atom is -0.388 e. The second-order valence-electron chi connectivity index (χ2n) is 6.07. The molecule has 0 heterocycles. The molecule has 2 unspecified atom stereocenters. The van der Waals surface area contributed by atoms with E-state index in [0.717, 1.165) is 29.3 Å². The molecular formula is C16H22BrNO2. The highest BCUT2D eigenvalue weighted by atomic mass is 79.9. The Morgan fingerprint density at radius 1 is 1.55 bits per heavy atom. The van der Waals surface area contributed by atoms with Gasteiger partial charge in [0.25, 0.3) is 5.91 Å². The summed E-state index contributed by atoms with van der Waals surface area (Å²) in [6.07, 6.45) is 3.75. The lowest BCUT2D eigenvalue weighted by Crippen LogP contribution is -2.45. The fraction of sp³-hybridized carbons (Fsp3) is 0.562. The summed E-state index contributed by atoms with van der Waals surface area (Å²) in [6, 6.07) is 5.52. The van der Waals surface area contributed by atoms with Gasteiger partial charge in [-0.1, -0.05) is 35.7 Å². The van der Waals surface area contributed by atoms with Gasteiger partial charge in [0, 0.05) is 16.6 Å². The first kappa shape index (κ1) is 15.5. The molecule has 1 fully saturated rings. The van der Waals surface area contributed by atoms with Crippen molar-refractivity contribution in [3.05, 3.63) is 33.8 Å².